The normalized spacial score (nSPS) is 10.7. The Morgan fingerprint density at radius 3 is 2.56 bits per heavy atom. The molecule has 0 aliphatic carbocycles. The number of thiazole rings is 1. The summed E-state index contributed by atoms with van der Waals surface area (Å²) in [4.78, 5) is 16.8. The van der Waals surface area contributed by atoms with Crippen LogP contribution in [-0.2, 0) is 0 Å². The first kappa shape index (κ1) is 11.1. The van der Waals surface area contributed by atoms with Gasteiger partial charge < -0.3 is 0 Å². The Morgan fingerprint density at radius 1 is 1.06 bits per heavy atom. The second kappa shape index (κ2) is 4.35. The number of carbonyl (C=O) groups is 1. The van der Waals surface area contributed by atoms with Gasteiger partial charge >= 0.3 is 0 Å². The van der Waals surface area contributed by atoms with E-state index in [4.69, 9.17) is 0 Å². The van der Waals surface area contributed by atoms with E-state index >= 15 is 0 Å². The smallest absolute Gasteiger partial charge is 0.221 e. The number of aromatic nitrogens is 1. The molecule has 2 aromatic carbocycles. The highest BCUT2D eigenvalue weighted by molar-refractivity contribution is 7.20. The quantitative estimate of drug-likeness (QED) is 0.649. The van der Waals surface area contributed by atoms with Crippen LogP contribution in [0, 0.1) is 6.92 Å². The lowest BCUT2D eigenvalue weighted by atomic mass is 10.1. The molecule has 18 heavy (non-hydrogen) atoms. The zero-order valence-corrected chi connectivity index (χ0v) is 10.7. The van der Waals surface area contributed by atoms with E-state index in [2.05, 4.69) is 4.98 Å². The second-order valence-electron chi connectivity index (χ2n) is 4.13. The number of rotatable bonds is 2. The molecule has 3 heteroatoms. The number of nitrogens with zero attached hydrogens (tertiary/aromatic N) is 1. The minimum atomic E-state index is 0.00861. The molecule has 0 aliphatic heterocycles. The topological polar surface area (TPSA) is 30.0 Å². The summed E-state index contributed by atoms with van der Waals surface area (Å²) in [5.41, 5.74) is 2.61. The standard InChI is InChI=1S/C15H11NOS/c1-10-6-2-3-7-11(10)14(17)15-16-12-8-4-5-9-13(12)18-15/h2-9H,1H3. The van der Waals surface area contributed by atoms with Gasteiger partial charge in [-0.25, -0.2) is 4.98 Å². The van der Waals surface area contributed by atoms with E-state index in [-0.39, 0.29) is 5.78 Å². The van der Waals surface area contributed by atoms with Crippen molar-refractivity contribution in [3.8, 4) is 0 Å². The third-order valence-corrected chi connectivity index (χ3v) is 3.91. The van der Waals surface area contributed by atoms with Crippen molar-refractivity contribution in [3.05, 3.63) is 64.7 Å². The first-order valence-electron chi connectivity index (χ1n) is 5.71. The van der Waals surface area contributed by atoms with Gasteiger partial charge in [-0.15, -0.1) is 11.3 Å². The fourth-order valence-corrected chi connectivity index (χ4v) is 2.83. The van der Waals surface area contributed by atoms with Crippen molar-refractivity contribution in [3.63, 3.8) is 0 Å². The molecule has 0 saturated heterocycles. The summed E-state index contributed by atoms with van der Waals surface area (Å²) in [5.74, 6) is 0.00861. The van der Waals surface area contributed by atoms with Gasteiger partial charge in [-0.1, -0.05) is 36.4 Å². The molecule has 3 aromatic rings. The van der Waals surface area contributed by atoms with E-state index in [1.165, 1.54) is 11.3 Å². The van der Waals surface area contributed by atoms with E-state index in [9.17, 15) is 4.79 Å². The largest absolute Gasteiger partial charge is 0.286 e. The number of fused-ring (bicyclic) bond motifs is 1. The zero-order valence-electron chi connectivity index (χ0n) is 9.88. The maximum atomic E-state index is 12.4. The first-order chi connectivity index (χ1) is 8.75. The number of benzene rings is 2. The summed E-state index contributed by atoms with van der Waals surface area (Å²) >= 11 is 1.45. The number of hydrogen-bond donors (Lipinski definition) is 0. The van der Waals surface area contributed by atoms with Crippen LogP contribution in [0.5, 0.6) is 0 Å². The fourth-order valence-electron chi connectivity index (χ4n) is 1.91. The summed E-state index contributed by atoms with van der Waals surface area (Å²) in [6.45, 7) is 1.94. The third kappa shape index (κ3) is 1.83. The molecule has 0 saturated carbocycles. The molecular formula is C15H11NOS. The van der Waals surface area contributed by atoms with E-state index in [0.29, 0.717) is 5.01 Å². The monoisotopic (exact) mass is 253 g/mol. The van der Waals surface area contributed by atoms with Gasteiger partial charge in [0.25, 0.3) is 0 Å². The Hall–Kier alpha value is -2.00. The Balaban J connectivity index is 2.10. The van der Waals surface area contributed by atoms with Gasteiger partial charge in [0.15, 0.2) is 5.01 Å². The molecule has 2 nitrogen and oxygen atoms in total. The lowest BCUT2D eigenvalue weighted by Gasteiger charge is -2.00. The number of ketones is 1. The average Bonchev–Trinajstić information content (AvgIpc) is 2.82. The van der Waals surface area contributed by atoms with E-state index in [0.717, 1.165) is 21.3 Å². The first-order valence-corrected chi connectivity index (χ1v) is 6.53. The van der Waals surface area contributed by atoms with E-state index < -0.39 is 0 Å². The van der Waals surface area contributed by atoms with Gasteiger partial charge in [-0.3, -0.25) is 4.79 Å². The SMILES string of the molecule is Cc1ccccc1C(=O)c1nc2ccccc2s1. The summed E-state index contributed by atoms with van der Waals surface area (Å²) < 4.78 is 1.05. The highest BCUT2D eigenvalue weighted by Crippen LogP contribution is 2.24. The van der Waals surface area contributed by atoms with Crippen LogP contribution in [0.15, 0.2) is 48.5 Å². The fraction of sp³-hybridized carbons (Fsp3) is 0.0667. The molecular weight excluding hydrogens is 242 g/mol. The van der Waals surface area contributed by atoms with Gasteiger partial charge in [0, 0.05) is 5.56 Å². The summed E-state index contributed by atoms with van der Waals surface area (Å²) in [5, 5.41) is 0.561. The zero-order chi connectivity index (χ0) is 12.5. The molecule has 3 rings (SSSR count). The molecule has 88 valence electrons. The predicted molar refractivity (Wildman–Crippen MR) is 74.2 cm³/mol. The van der Waals surface area contributed by atoms with E-state index in [1.807, 2.05) is 55.5 Å². The van der Waals surface area contributed by atoms with Crippen molar-refractivity contribution in [1.82, 2.24) is 4.98 Å². The van der Waals surface area contributed by atoms with Gasteiger partial charge in [-0.2, -0.15) is 0 Å². The van der Waals surface area contributed by atoms with Crippen LogP contribution in [0.2, 0.25) is 0 Å². The number of para-hydroxylation sites is 1. The molecule has 0 spiro atoms. The van der Waals surface area contributed by atoms with Crippen molar-refractivity contribution in [2.75, 3.05) is 0 Å². The minimum Gasteiger partial charge on any atom is -0.286 e. The highest BCUT2D eigenvalue weighted by Gasteiger charge is 2.15. The minimum absolute atomic E-state index is 0.00861. The van der Waals surface area contributed by atoms with Crippen LogP contribution in [0.25, 0.3) is 10.2 Å². The van der Waals surface area contributed by atoms with Crippen molar-refractivity contribution in [2.45, 2.75) is 6.92 Å². The predicted octanol–water partition coefficient (Wildman–Crippen LogP) is 3.84. The van der Waals surface area contributed by atoms with Crippen molar-refractivity contribution in [1.29, 1.82) is 0 Å². The van der Waals surface area contributed by atoms with Crippen LogP contribution in [0.3, 0.4) is 0 Å². The average molecular weight is 253 g/mol. The van der Waals surface area contributed by atoms with E-state index in [1.54, 1.807) is 0 Å². The number of carbonyl (C=O) groups excluding carboxylic acids is 1. The lowest BCUT2D eigenvalue weighted by molar-refractivity contribution is 0.103. The van der Waals surface area contributed by atoms with Gasteiger partial charge in [0.2, 0.25) is 5.78 Å². The highest BCUT2D eigenvalue weighted by atomic mass is 32.1. The summed E-state index contributed by atoms with van der Waals surface area (Å²) in [6.07, 6.45) is 0. The van der Waals surface area contributed by atoms with Crippen molar-refractivity contribution >= 4 is 27.3 Å². The Morgan fingerprint density at radius 2 is 1.78 bits per heavy atom. The summed E-state index contributed by atoms with van der Waals surface area (Å²) in [7, 11) is 0. The molecule has 0 aliphatic rings. The number of hydrogen-bond acceptors (Lipinski definition) is 3. The van der Waals surface area contributed by atoms with Crippen molar-refractivity contribution < 1.29 is 4.79 Å². The lowest BCUT2D eigenvalue weighted by Crippen LogP contribution is -2.02. The molecule has 1 aromatic heterocycles. The number of aryl methyl sites for hydroxylation is 1. The molecule has 0 N–H and O–H groups in total. The molecule has 0 bridgehead atoms. The Kier molecular flexibility index (Phi) is 2.68. The van der Waals surface area contributed by atoms with Gasteiger partial charge in [-0.05, 0) is 24.6 Å². The molecule has 0 atom stereocenters. The molecule has 0 fully saturated rings. The Labute approximate surface area is 109 Å². The second-order valence-corrected chi connectivity index (χ2v) is 5.16. The van der Waals surface area contributed by atoms with Crippen LogP contribution in [0.4, 0.5) is 0 Å². The van der Waals surface area contributed by atoms with Crippen molar-refractivity contribution in [2.24, 2.45) is 0 Å². The van der Waals surface area contributed by atoms with Crippen LogP contribution >= 0.6 is 11.3 Å². The van der Waals surface area contributed by atoms with Gasteiger partial charge in [0.1, 0.15) is 0 Å². The third-order valence-electron chi connectivity index (χ3n) is 2.88. The van der Waals surface area contributed by atoms with Crippen LogP contribution < -0.4 is 0 Å². The van der Waals surface area contributed by atoms with Crippen LogP contribution in [0.1, 0.15) is 20.9 Å². The van der Waals surface area contributed by atoms with Gasteiger partial charge in [0.05, 0.1) is 10.2 Å². The molecule has 0 radical (unpaired) electrons. The maximum absolute atomic E-state index is 12.4. The molecule has 0 unspecified atom stereocenters. The summed E-state index contributed by atoms with van der Waals surface area (Å²) in [6, 6.07) is 15.4. The van der Waals surface area contributed by atoms with Crippen LogP contribution in [-0.4, -0.2) is 10.8 Å². The molecule has 1 heterocycles. The molecule has 0 amide bonds. The Bertz CT molecular complexity index is 697. The maximum Gasteiger partial charge on any atom is 0.221 e.